The molecule has 5 N–H and O–H groups in total. The number of amides is 7. The van der Waals surface area contributed by atoms with Crippen LogP contribution < -0.4 is 26.6 Å². The van der Waals surface area contributed by atoms with Crippen molar-refractivity contribution in [3.63, 3.8) is 0 Å². The van der Waals surface area contributed by atoms with E-state index < -0.39 is 77.1 Å². The summed E-state index contributed by atoms with van der Waals surface area (Å²) in [6.07, 6.45) is 0.606. The second kappa shape index (κ2) is 15.8. The van der Waals surface area contributed by atoms with Crippen LogP contribution in [-0.2, 0) is 28.8 Å². The molecule has 282 valence electrons. The third kappa shape index (κ3) is 10.1. The molecule has 1 saturated heterocycles. The number of ketones is 1. The van der Waals surface area contributed by atoms with Crippen LogP contribution in [0.1, 0.15) is 86.8 Å². The molecule has 0 bridgehead atoms. The van der Waals surface area contributed by atoms with Crippen LogP contribution in [0, 0.1) is 22.7 Å². The van der Waals surface area contributed by atoms with E-state index in [9.17, 15) is 33.6 Å². The van der Waals surface area contributed by atoms with Crippen LogP contribution >= 0.6 is 0 Å². The average Bonchev–Trinajstić information content (AvgIpc) is 3.33. The first kappa shape index (κ1) is 40.9. The van der Waals surface area contributed by atoms with E-state index >= 15 is 0 Å². The van der Waals surface area contributed by atoms with Gasteiger partial charge in [0.25, 0.3) is 5.91 Å². The molecule has 1 aromatic rings. The number of hydrogen-bond donors (Lipinski definition) is 5. The highest BCUT2D eigenvalue weighted by molar-refractivity contribution is 6.38. The Morgan fingerprint density at radius 2 is 1.53 bits per heavy atom. The number of Topliss-reactive ketones (excluding diaryl/α,β-unsaturated/α-hetero) is 1. The fourth-order valence-electron chi connectivity index (χ4n) is 6.76. The number of rotatable bonds is 13. The highest BCUT2D eigenvalue weighted by atomic mass is 16.2. The number of carbonyl (C=O) groups excluding carboxylic acids is 7. The SMILES string of the molecule is CCCC(NC(=O)[C@@H]1C2C(CN1C(=O)[C@@H](NC(=O)NC(C)(C)C)C(C)(C)C)C2(C)C)C(=O)C(=O)NCC(=O)N[C@H](C(=O)N(C)C)c1ccccc1. The van der Waals surface area contributed by atoms with Gasteiger partial charge in [-0.2, -0.15) is 0 Å². The predicted molar refractivity (Wildman–Crippen MR) is 192 cm³/mol. The number of hydrogen-bond acceptors (Lipinski definition) is 7. The molecule has 14 heteroatoms. The molecule has 3 unspecified atom stereocenters. The summed E-state index contributed by atoms with van der Waals surface area (Å²) in [6, 6.07) is 4.06. The summed E-state index contributed by atoms with van der Waals surface area (Å²) in [6.45, 7) is 16.6. The lowest BCUT2D eigenvalue weighted by Gasteiger charge is -2.38. The van der Waals surface area contributed by atoms with E-state index in [-0.39, 0.29) is 29.6 Å². The maximum absolute atomic E-state index is 14.1. The Bertz CT molecular complexity index is 1500. The quantitative estimate of drug-likeness (QED) is 0.194. The Labute approximate surface area is 301 Å². The molecule has 0 spiro atoms. The van der Waals surface area contributed by atoms with Crippen molar-refractivity contribution in [2.75, 3.05) is 27.2 Å². The number of likely N-dealkylation sites (tertiary alicyclic amines) is 1. The van der Waals surface area contributed by atoms with Gasteiger partial charge in [0.2, 0.25) is 29.4 Å². The minimum atomic E-state index is -1.20. The lowest BCUT2D eigenvalue weighted by atomic mass is 9.85. The molecule has 1 aromatic carbocycles. The number of nitrogens with one attached hydrogen (secondary N) is 5. The Morgan fingerprint density at radius 3 is 2.06 bits per heavy atom. The van der Waals surface area contributed by atoms with Crippen LogP contribution in [0.25, 0.3) is 0 Å². The largest absolute Gasteiger partial charge is 0.347 e. The molecule has 6 atom stereocenters. The van der Waals surface area contributed by atoms with E-state index in [2.05, 4.69) is 26.6 Å². The van der Waals surface area contributed by atoms with Crippen molar-refractivity contribution in [2.45, 2.75) is 105 Å². The third-order valence-corrected chi connectivity index (χ3v) is 9.61. The van der Waals surface area contributed by atoms with Crippen molar-refractivity contribution < 1.29 is 33.6 Å². The maximum Gasteiger partial charge on any atom is 0.315 e. The van der Waals surface area contributed by atoms with Crippen molar-refractivity contribution >= 4 is 41.4 Å². The Balaban J connectivity index is 1.73. The molecular formula is C37H57N7O7. The Morgan fingerprint density at radius 1 is 0.922 bits per heavy atom. The number of piperidine rings is 1. The van der Waals surface area contributed by atoms with Gasteiger partial charge in [0.05, 0.1) is 12.6 Å². The van der Waals surface area contributed by atoms with Crippen LogP contribution in [-0.4, -0.2) is 102 Å². The first-order valence-corrected chi connectivity index (χ1v) is 17.6. The molecule has 2 aliphatic rings. The van der Waals surface area contributed by atoms with Crippen molar-refractivity contribution in [2.24, 2.45) is 22.7 Å². The first-order chi connectivity index (χ1) is 23.5. The summed E-state index contributed by atoms with van der Waals surface area (Å²) in [5.41, 5.74) is -0.907. The fraction of sp³-hybridized carbons (Fsp3) is 0.649. The van der Waals surface area contributed by atoms with E-state index in [0.29, 0.717) is 18.5 Å². The topological polar surface area (TPSA) is 186 Å². The first-order valence-electron chi connectivity index (χ1n) is 17.6. The Hall–Kier alpha value is -4.49. The zero-order chi connectivity index (χ0) is 38.6. The van der Waals surface area contributed by atoms with E-state index in [4.69, 9.17) is 0 Å². The zero-order valence-electron chi connectivity index (χ0n) is 31.9. The van der Waals surface area contributed by atoms with Gasteiger partial charge in [-0.05, 0) is 55.4 Å². The normalized spacial score (nSPS) is 20.8. The molecule has 7 amide bonds. The molecule has 1 aliphatic carbocycles. The summed E-state index contributed by atoms with van der Waals surface area (Å²) in [5.74, 6) is -4.15. The summed E-state index contributed by atoms with van der Waals surface area (Å²) in [5, 5.41) is 13.3. The molecule has 51 heavy (non-hydrogen) atoms. The smallest absolute Gasteiger partial charge is 0.315 e. The van der Waals surface area contributed by atoms with Crippen molar-refractivity contribution in [3.05, 3.63) is 35.9 Å². The summed E-state index contributed by atoms with van der Waals surface area (Å²) < 4.78 is 0. The van der Waals surface area contributed by atoms with E-state index in [0.717, 1.165) is 0 Å². The van der Waals surface area contributed by atoms with Gasteiger partial charge in [0.1, 0.15) is 18.1 Å². The summed E-state index contributed by atoms with van der Waals surface area (Å²) in [4.78, 5) is 95.9. The van der Waals surface area contributed by atoms with Crippen LogP contribution in [0.2, 0.25) is 0 Å². The predicted octanol–water partition coefficient (Wildman–Crippen LogP) is 1.90. The van der Waals surface area contributed by atoms with Crippen LogP contribution in [0.15, 0.2) is 30.3 Å². The lowest BCUT2D eigenvalue weighted by Crippen LogP contribution is -2.62. The van der Waals surface area contributed by atoms with Gasteiger partial charge in [-0.3, -0.25) is 28.8 Å². The number of likely N-dealkylation sites (N-methyl/N-ethyl adjacent to an activating group) is 1. The minimum Gasteiger partial charge on any atom is -0.347 e. The van der Waals surface area contributed by atoms with E-state index in [1.165, 1.54) is 9.80 Å². The highest BCUT2D eigenvalue weighted by Crippen LogP contribution is 2.65. The molecule has 2 fully saturated rings. The van der Waals surface area contributed by atoms with Gasteiger partial charge in [-0.15, -0.1) is 0 Å². The fourth-order valence-corrected chi connectivity index (χ4v) is 6.76. The van der Waals surface area contributed by atoms with E-state index in [1.54, 1.807) is 51.4 Å². The number of fused-ring (bicyclic) bond motifs is 1. The Kier molecular flexibility index (Phi) is 12.7. The van der Waals surface area contributed by atoms with E-state index in [1.807, 2.05) is 55.4 Å². The minimum absolute atomic E-state index is 0.0439. The standard InChI is InChI=1S/C37H57N7O7/c1-12-16-23(28(46)31(48)38-19-24(45)40-26(32(49)43(10)11)21-17-14-13-15-18-21)39-30(47)27-25-22(37(25,8)9)20-44(27)33(50)29(35(2,3)4)41-34(51)42-36(5,6)7/h13-15,17-18,22-23,25-27,29H,12,16,19-20H2,1-11H3,(H,38,48)(H,39,47)(H,40,45)(H2,41,42,51)/t22?,23?,25?,26-,27-,29+/m0/s1. The van der Waals surface area contributed by atoms with Gasteiger partial charge < -0.3 is 36.4 Å². The number of urea groups is 1. The van der Waals surface area contributed by atoms with Gasteiger partial charge in [0, 0.05) is 26.2 Å². The lowest BCUT2D eigenvalue weighted by molar-refractivity contribution is -0.145. The molecule has 1 aliphatic heterocycles. The molecule has 1 saturated carbocycles. The van der Waals surface area contributed by atoms with Crippen LogP contribution in [0.3, 0.4) is 0 Å². The molecule has 0 radical (unpaired) electrons. The molecule has 3 rings (SSSR count). The monoisotopic (exact) mass is 711 g/mol. The van der Waals surface area contributed by atoms with Gasteiger partial charge in [-0.1, -0.05) is 78.3 Å². The number of nitrogens with zero attached hydrogens (tertiary/aromatic N) is 2. The average molecular weight is 712 g/mol. The van der Waals surface area contributed by atoms with Gasteiger partial charge in [-0.25, -0.2) is 4.79 Å². The molecular weight excluding hydrogens is 654 g/mol. The number of benzene rings is 1. The summed E-state index contributed by atoms with van der Waals surface area (Å²) in [7, 11) is 3.12. The molecule has 14 nitrogen and oxygen atoms in total. The van der Waals surface area contributed by atoms with Crippen molar-refractivity contribution in [3.8, 4) is 0 Å². The number of carbonyl (C=O) groups is 7. The second-order valence-corrected chi connectivity index (χ2v) is 16.6. The summed E-state index contributed by atoms with van der Waals surface area (Å²) >= 11 is 0. The second-order valence-electron chi connectivity index (χ2n) is 16.6. The van der Waals surface area contributed by atoms with Gasteiger partial charge >= 0.3 is 6.03 Å². The molecule has 1 heterocycles. The van der Waals surface area contributed by atoms with Gasteiger partial charge in [0.15, 0.2) is 0 Å². The zero-order valence-corrected chi connectivity index (χ0v) is 31.9. The van der Waals surface area contributed by atoms with Crippen molar-refractivity contribution in [1.82, 2.24) is 36.4 Å². The van der Waals surface area contributed by atoms with Crippen molar-refractivity contribution in [1.29, 1.82) is 0 Å². The third-order valence-electron chi connectivity index (χ3n) is 9.61. The highest BCUT2D eigenvalue weighted by Gasteiger charge is 2.70. The van der Waals surface area contributed by atoms with Crippen LogP contribution in [0.5, 0.6) is 0 Å². The maximum atomic E-state index is 14.1. The molecule has 0 aromatic heterocycles. The van der Waals surface area contributed by atoms with Crippen LogP contribution in [0.4, 0.5) is 4.79 Å².